The summed E-state index contributed by atoms with van der Waals surface area (Å²) in [7, 11) is 1.86. The molecule has 2 N–H and O–H groups in total. The molecule has 3 nitrogen and oxygen atoms in total. The maximum absolute atomic E-state index is 12.1. The maximum atomic E-state index is 12.1. The molecule has 0 aromatic carbocycles. The first-order valence-corrected chi connectivity index (χ1v) is 6.33. The Morgan fingerprint density at radius 1 is 1.25 bits per heavy atom. The summed E-state index contributed by atoms with van der Waals surface area (Å²) in [5, 5.41) is 0. The number of hydrogen-bond acceptors (Lipinski definition) is 2. The second kappa shape index (κ2) is 6.89. The van der Waals surface area contributed by atoms with Crippen LogP contribution < -0.4 is 5.73 Å². The lowest BCUT2D eigenvalue weighted by molar-refractivity contribution is -0.134. The second-order valence-electron chi connectivity index (χ2n) is 5.34. The van der Waals surface area contributed by atoms with Crippen LogP contribution in [-0.2, 0) is 4.79 Å². The van der Waals surface area contributed by atoms with Gasteiger partial charge >= 0.3 is 0 Å². The SMILES string of the molecule is CCC(C)C(N)C(=O)N(C)C(C)CC(C)C. The first kappa shape index (κ1) is 15.4. The van der Waals surface area contributed by atoms with E-state index >= 15 is 0 Å². The highest BCUT2D eigenvalue weighted by Gasteiger charge is 2.25. The molecule has 0 fully saturated rings. The molecule has 3 unspecified atom stereocenters. The molecule has 0 bridgehead atoms. The summed E-state index contributed by atoms with van der Waals surface area (Å²) in [6.07, 6.45) is 1.97. The molecule has 0 aliphatic heterocycles. The molecule has 3 heteroatoms. The Hall–Kier alpha value is -0.570. The Morgan fingerprint density at radius 3 is 2.12 bits per heavy atom. The Kier molecular flexibility index (Phi) is 6.65. The van der Waals surface area contributed by atoms with Gasteiger partial charge in [-0.15, -0.1) is 0 Å². The van der Waals surface area contributed by atoms with Crippen LogP contribution in [0.25, 0.3) is 0 Å². The highest BCUT2D eigenvalue weighted by atomic mass is 16.2. The van der Waals surface area contributed by atoms with Crippen molar-refractivity contribution in [1.82, 2.24) is 4.90 Å². The predicted octanol–water partition coefficient (Wildman–Crippen LogP) is 2.25. The van der Waals surface area contributed by atoms with Crippen molar-refractivity contribution >= 4 is 5.91 Å². The number of amides is 1. The molecular formula is C13H28N2O. The predicted molar refractivity (Wildman–Crippen MR) is 69.1 cm³/mol. The van der Waals surface area contributed by atoms with Crippen molar-refractivity contribution in [2.24, 2.45) is 17.6 Å². The minimum absolute atomic E-state index is 0.0718. The van der Waals surface area contributed by atoms with E-state index in [9.17, 15) is 4.79 Å². The van der Waals surface area contributed by atoms with Gasteiger partial charge in [0.15, 0.2) is 0 Å². The van der Waals surface area contributed by atoms with Crippen molar-refractivity contribution in [3.63, 3.8) is 0 Å². The second-order valence-corrected chi connectivity index (χ2v) is 5.34. The van der Waals surface area contributed by atoms with Gasteiger partial charge < -0.3 is 10.6 Å². The van der Waals surface area contributed by atoms with Crippen LogP contribution in [0.1, 0.15) is 47.5 Å². The van der Waals surface area contributed by atoms with Gasteiger partial charge in [0.25, 0.3) is 0 Å². The third kappa shape index (κ3) is 4.52. The first-order chi connectivity index (χ1) is 7.31. The van der Waals surface area contributed by atoms with Gasteiger partial charge in [0, 0.05) is 13.1 Å². The average molecular weight is 228 g/mol. The molecule has 0 aliphatic rings. The molecule has 16 heavy (non-hydrogen) atoms. The van der Waals surface area contributed by atoms with Crippen molar-refractivity contribution in [2.75, 3.05) is 7.05 Å². The van der Waals surface area contributed by atoms with Crippen LogP contribution in [0.3, 0.4) is 0 Å². The summed E-state index contributed by atoms with van der Waals surface area (Å²) < 4.78 is 0. The Labute approximate surface area is 100 Å². The van der Waals surface area contributed by atoms with Crippen LogP contribution in [0.2, 0.25) is 0 Å². The van der Waals surface area contributed by atoms with E-state index in [-0.39, 0.29) is 23.9 Å². The van der Waals surface area contributed by atoms with Gasteiger partial charge in [0.2, 0.25) is 5.91 Å². The molecular weight excluding hydrogens is 200 g/mol. The zero-order valence-corrected chi connectivity index (χ0v) is 11.7. The van der Waals surface area contributed by atoms with Crippen LogP contribution in [0.5, 0.6) is 0 Å². The smallest absolute Gasteiger partial charge is 0.239 e. The van der Waals surface area contributed by atoms with Crippen LogP contribution in [0.4, 0.5) is 0 Å². The van der Waals surface area contributed by atoms with Crippen LogP contribution in [-0.4, -0.2) is 29.9 Å². The molecule has 0 spiro atoms. The lowest BCUT2D eigenvalue weighted by atomic mass is 9.97. The highest BCUT2D eigenvalue weighted by Crippen LogP contribution is 2.13. The molecule has 0 saturated carbocycles. The summed E-state index contributed by atoms with van der Waals surface area (Å²) in [4.78, 5) is 13.9. The van der Waals surface area contributed by atoms with Gasteiger partial charge in [-0.1, -0.05) is 34.1 Å². The van der Waals surface area contributed by atoms with Crippen molar-refractivity contribution in [2.45, 2.75) is 59.5 Å². The lowest BCUT2D eigenvalue weighted by Crippen LogP contribution is -2.48. The fraction of sp³-hybridized carbons (Fsp3) is 0.923. The van der Waals surface area contributed by atoms with E-state index in [1.807, 2.05) is 14.0 Å². The van der Waals surface area contributed by atoms with E-state index in [2.05, 4.69) is 27.7 Å². The van der Waals surface area contributed by atoms with Crippen molar-refractivity contribution in [1.29, 1.82) is 0 Å². The maximum Gasteiger partial charge on any atom is 0.239 e. The summed E-state index contributed by atoms with van der Waals surface area (Å²) >= 11 is 0. The minimum Gasteiger partial charge on any atom is -0.342 e. The standard InChI is InChI=1S/C13H28N2O/c1-7-10(4)12(14)13(16)15(6)11(5)8-9(2)3/h9-12H,7-8,14H2,1-6H3. The monoisotopic (exact) mass is 228 g/mol. The van der Waals surface area contributed by atoms with E-state index in [0.717, 1.165) is 12.8 Å². The molecule has 0 aromatic heterocycles. The van der Waals surface area contributed by atoms with Crippen LogP contribution in [0.15, 0.2) is 0 Å². The molecule has 0 saturated heterocycles. The third-order valence-corrected chi connectivity index (χ3v) is 3.36. The van der Waals surface area contributed by atoms with Gasteiger partial charge in [0.1, 0.15) is 0 Å². The van der Waals surface area contributed by atoms with Crippen molar-refractivity contribution in [3.05, 3.63) is 0 Å². The summed E-state index contributed by atoms with van der Waals surface area (Å²) in [5.41, 5.74) is 5.95. The molecule has 96 valence electrons. The quantitative estimate of drug-likeness (QED) is 0.758. The number of hydrogen-bond donors (Lipinski definition) is 1. The minimum atomic E-state index is -0.357. The number of nitrogens with two attached hydrogens (primary N) is 1. The highest BCUT2D eigenvalue weighted by molar-refractivity contribution is 5.81. The number of rotatable bonds is 6. The third-order valence-electron chi connectivity index (χ3n) is 3.36. The Bertz CT molecular complexity index is 216. The number of likely N-dealkylation sites (N-methyl/N-ethyl adjacent to an activating group) is 1. The van der Waals surface area contributed by atoms with Gasteiger partial charge in [-0.2, -0.15) is 0 Å². The van der Waals surface area contributed by atoms with E-state index in [0.29, 0.717) is 5.92 Å². The normalized spacial score (nSPS) is 17.0. The zero-order valence-electron chi connectivity index (χ0n) is 11.7. The summed E-state index contributed by atoms with van der Waals surface area (Å²) in [6, 6.07) is -0.0905. The summed E-state index contributed by atoms with van der Waals surface area (Å²) in [5.74, 6) is 0.925. The van der Waals surface area contributed by atoms with E-state index < -0.39 is 0 Å². The van der Waals surface area contributed by atoms with E-state index in [1.54, 1.807) is 4.90 Å². The van der Waals surface area contributed by atoms with Gasteiger partial charge in [0.05, 0.1) is 6.04 Å². The number of carbonyl (C=O) groups excluding carboxylic acids is 1. The number of nitrogens with zero attached hydrogens (tertiary/aromatic N) is 1. The molecule has 0 aliphatic carbocycles. The average Bonchev–Trinajstić information content (AvgIpc) is 2.23. The van der Waals surface area contributed by atoms with E-state index in [1.165, 1.54) is 0 Å². The molecule has 0 rings (SSSR count). The fourth-order valence-electron chi connectivity index (χ4n) is 1.79. The lowest BCUT2D eigenvalue weighted by Gasteiger charge is -2.30. The van der Waals surface area contributed by atoms with Crippen LogP contribution >= 0.6 is 0 Å². The first-order valence-electron chi connectivity index (χ1n) is 6.33. The fourth-order valence-corrected chi connectivity index (χ4v) is 1.79. The van der Waals surface area contributed by atoms with E-state index in [4.69, 9.17) is 5.73 Å². The zero-order chi connectivity index (χ0) is 12.9. The van der Waals surface area contributed by atoms with Gasteiger partial charge in [-0.05, 0) is 25.2 Å². The molecule has 1 amide bonds. The van der Waals surface area contributed by atoms with Crippen LogP contribution in [0, 0.1) is 11.8 Å². The molecule has 3 atom stereocenters. The summed E-state index contributed by atoms with van der Waals surface area (Å²) in [6.45, 7) is 10.5. The van der Waals surface area contributed by atoms with Gasteiger partial charge in [-0.3, -0.25) is 4.79 Å². The number of carbonyl (C=O) groups is 1. The molecule has 0 radical (unpaired) electrons. The van der Waals surface area contributed by atoms with Crippen molar-refractivity contribution < 1.29 is 4.79 Å². The van der Waals surface area contributed by atoms with Crippen molar-refractivity contribution in [3.8, 4) is 0 Å². The topological polar surface area (TPSA) is 46.3 Å². The molecule has 0 heterocycles. The Morgan fingerprint density at radius 2 is 1.75 bits per heavy atom. The van der Waals surface area contributed by atoms with Gasteiger partial charge in [-0.25, -0.2) is 0 Å². The largest absolute Gasteiger partial charge is 0.342 e. The Balaban J connectivity index is 4.37. The molecule has 0 aromatic rings.